The first kappa shape index (κ1) is 19.1. The molecule has 25 heavy (non-hydrogen) atoms. The van der Waals surface area contributed by atoms with Crippen molar-refractivity contribution in [1.82, 2.24) is 10.6 Å². The molecule has 8 nitrogen and oxygen atoms in total. The monoisotopic (exact) mass is 350 g/mol. The van der Waals surface area contributed by atoms with Crippen LogP contribution in [0.3, 0.4) is 0 Å². The Hall–Kier alpha value is -2.19. The Morgan fingerprint density at radius 2 is 2.28 bits per heavy atom. The van der Waals surface area contributed by atoms with E-state index in [2.05, 4.69) is 15.6 Å². The van der Waals surface area contributed by atoms with Gasteiger partial charge >= 0.3 is 0 Å². The van der Waals surface area contributed by atoms with Gasteiger partial charge in [0.2, 0.25) is 0 Å². The predicted molar refractivity (Wildman–Crippen MR) is 95.7 cm³/mol. The van der Waals surface area contributed by atoms with Crippen molar-refractivity contribution in [2.45, 2.75) is 32.4 Å². The zero-order valence-corrected chi connectivity index (χ0v) is 14.6. The Kier molecular flexibility index (Phi) is 8.14. The van der Waals surface area contributed by atoms with Crippen molar-refractivity contribution in [3.8, 4) is 0 Å². The molecule has 2 rings (SSSR count). The quantitative estimate of drug-likeness (QED) is 0.232. The molecule has 1 atom stereocenters. The third-order valence-electron chi connectivity index (χ3n) is 3.80. The maximum absolute atomic E-state index is 11.0. The molecule has 1 aliphatic heterocycles. The Morgan fingerprint density at radius 1 is 1.44 bits per heavy atom. The zero-order chi connectivity index (χ0) is 17.9. The van der Waals surface area contributed by atoms with E-state index in [4.69, 9.17) is 9.47 Å². The molecule has 0 radical (unpaired) electrons. The molecular weight excluding hydrogens is 324 g/mol. The van der Waals surface area contributed by atoms with E-state index in [1.54, 1.807) is 18.2 Å². The number of nitrogens with zero attached hydrogens (tertiary/aromatic N) is 2. The maximum atomic E-state index is 11.0. The van der Waals surface area contributed by atoms with E-state index in [-0.39, 0.29) is 23.3 Å². The second kappa shape index (κ2) is 10.6. The van der Waals surface area contributed by atoms with E-state index >= 15 is 0 Å². The molecule has 1 aromatic carbocycles. The number of aliphatic imine (C=N–C) groups is 1. The van der Waals surface area contributed by atoms with Gasteiger partial charge in [-0.3, -0.25) is 10.1 Å². The molecule has 1 aliphatic rings. The van der Waals surface area contributed by atoms with Crippen molar-refractivity contribution in [3.63, 3.8) is 0 Å². The molecule has 1 aromatic rings. The smallest absolute Gasteiger partial charge is 0.274 e. The lowest BCUT2D eigenvalue weighted by Gasteiger charge is -2.13. The summed E-state index contributed by atoms with van der Waals surface area (Å²) in [6, 6.07) is 6.66. The third-order valence-corrected chi connectivity index (χ3v) is 3.80. The van der Waals surface area contributed by atoms with Crippen molar-refractivity contribution >= 4 is 11.6 Å². The minimum atomic E-state index is -0.380. The minimum Gasteiger partial charge on any atom is -0.379 e. The number of nitro benzene ring substituents is 1. The van der Waals surface area contributed by atoms with Crippen LogP contribution in [0.25, 0.3) is 0 Å². The molecule has 0 saturated carbocycles. The number of para-hydroxylation sites is 1. The molecule has 0 spiro atoms. The van der Waals surface area contributed by atoms with Crippen molar-refractivity contribution in [3.05, 3.63) is 39.9 Å². The van der Waals surface area contributed by atoms with Gasteiger partial charge in [0.1, 0.15) is 0 Å². The van der Waals surface area contributed by atoms with Crippen molar-refractivity contribution in [1.29, 1.82) is 0 Å². The van der Waals surface area contributed by atoms with E-state index in [1.165, 1.54) is 6.07 Å². The molecule has 0 bridgehead atoms. The van der Waals surface area contributed by atoms with Gasteiger partial charge in [0.25, 0.3) is 5.69 Å². The highest BCUT2D eigenvalue weighted by Gasteiger charge is 2.15. The van der Waals surface area contributed by atoms with E-state index in [0.717, 1.165) is 32.5 Å². The van der Waals surface area contributed by atoms with Crippen molar-refractivity contribution < 1.29 is 14.4 Å². The van der Waals surface area contributed by atoms with Crippen LogP contribution in [-0.2, 0) is 16.0 Å². The van der Waals surface area contributed by atoms with Gasteiger partial charge in [0.15, 0.2) is 5.96 Å². The van der Waals surface area contributed by atoms with Crippen LogP contribution in [0.15, 0.2) is 29.3 Å². The number of rotatable bonds is 9. The van der Waals surface area contributed by atoms with Gasteiger partial charge in [-0.15, -0.1) is 0 Å². The van der Waals surface area contributed by atoms with Gasteiger partial charge in [-0.1, -0.05) is 18.2 Å². The number of hydrogen-bond donors (Lipinski definition) is 2. The van der Waals surface area contributed by atoms with Gasteiger partial charge < -0.3 is 20.1 Å². The van der Waals surface area contributed by atoms with Crippen LogP contribution >= 0.6 is 0 Å². The lowest BCUT2D eigenvalue weighted by Crippen LogP contribution is -2.38. The second-order valence-corrected chi connectivity index (χ2v) is 5.72. The molecule has 8 heteroatoms. The average molecular weight is 350 g/mol. The molecule has 0 aromatic heterocycles. The minimum absolute atomic E-state index is 0.0919. The SMILES string of the molecule is CCNC(=NCc1ccccc1[N+](=O)[O-])NCCCOC1CCOC1. The summed E-state index contributed by atoms with van der Waals surface area (Å²) in [7, 11) is 0. The lowest BCUT2D eigenvalue weighted by atomic mass is 10.2. The number of hydrogen-bond acceptors (Lipinski definition) is 5. The summed E-state index contributed by atoms with van der Waals surface area (Å²) < 4.78 is 11.0. The van der Waals surface area contributed by atoms with E-state index in [9.17, 15) is 10.1 Å². The molecule has 1 unspecified atom stereocenters. The second-order valence-electron chi connectivity index (χ2n) is 5.72. The van der Waals surface area contributed by atoms with Crippen LogP contribution in [0.5, 0.6) is 0 Å². The molecule has 2 N–H and O–H groups in total. The van der Waals surface area contributed by atoms with Gasteiger partial charge in [0.05, 0.1) is 29.7 Å². The highest BCUT2D eigenvalue weighted by Crippen LogP contribution is 2.18. The normalized spacial score (nSPS) is 17.5. The largest absolute Gasteiger partial charge is 0.379 e. The third kappa shape index (κ3) is 6.67. The Balaban J connectivity index is 1.78. The summed E-state index contributed by atoms with van der Waals surface area (Å²) in [4.78, 5) is 15.1. The van der Waals surface area contributed by atoms with E-state index in [0.29, 0.717) is 24.7 Å². The molecule has 138 valence electrons. The summed E-state index contributed by atoms with van der Waals surface area (Å²) in [5.74, 6) is 0.643. The highest BCUT2D eigenvalue weighted by atomic mass is 16.6. The lowest BCUT2D eigenvalue weighted by molar-refractivity contribution is -0.385. The number of nitrogens with one attached hydrogen (secondary N) is 2. The van der Waals surface area contributed by atoms with Crippen LogP contribution in [-0.4, -0.2) is 49.9 Å². The summed E-state index contributed by atoms with van der Waals surface area (Å²) in [6.45, 7) is 5.81. The fourth-order valence-corrected chi connectivity index (χ4v) is 2.50. The Morgan fingerprint density at radius 3 is 3.00 bits per heavy atom. The molecule has 1 saturated heterocycles. The topological polar surface area (TPSA) is 98.0 Å². The molecule has 1 heterocycles. The predicted octanol–water partition coefficient (Wildman–Crippen LogP) is 1.85. The van der Waals surface area contributed by atoms with Crippen LogP contribution in [0, 0.1) is 10.1 Å². The Bertz CT molecular complexity index is 574. The average Bonchev–Trinajstić information content (AvgIpc) is 3.13. The number of ether oxygens (including phenoxy) is 2. The summed E-state index contributed by atoms with van der Waals surface area (Å²) in [6.07, 6.45) is 2.04. The first-order valence-electron chi connectivity index (χ1n) is 8.64. The van der Waals surface area contributed by atoms with E-state index < -0.39 is 0 Å². The van der Waals surface area contributed by atoms with Crippen LogP contribution < -0.4 is 10.6 Å². The number of benzene rings is 1. The fraction of sp³-hybridized carbons (Fsp3) is 0.588. The first-order chi connectivity index (χ1) is 12.2. The van der Waals surface area contributed by atoms with Crippen LogP contribution in [0.2, 0.25) is 0 Å². The maximum Gasteiger partial charge on any atom is 0.274 e. The summed E-state index contributed by atoms with van der Waals surface area (Å²) in [5, 5.41) is 17.4. The van der Waals surface area contributed by atoms with Gasteiger partial charge in [0, 0.05) is 32.4 Å². The van der Waals surface area contributed by atoms with Crippen LogP contribution in [0.4, 0.5) is 5.69 Å². The fourth-order valence-electron chi connectivity index (χ4n) is 2.50. The number of nitro groups is 1. The van der Waals surface area contributed by atoms with Crippen molar-refractivity contribution in [2.75, 3.05) is 32.9 Å². The molecule has 0 amide bonds. The highest BCUT2D eigenvalue weighted by molar-refractivity contribution is 5.79. The molecular formula is C17H26N4O4. The van der Waals surface area contributed by atoms with Crippen LogP contribution in [0.1, 0.15) is 25.3 Å². The Labute approximate surface area is 147 Å². The molecule has 0 aliphatic carbocycles. The zero-order valence-electron chi connectivity index (χ0n) is 14.6. The van der Waals surface area contributed by atoms with Gasteiger partial charge in [-0.2, -0.15) is 0 Å². The number of guanidine groups is 1. The van der Waals surface area contributed by atoms with Crippen molar-refractivity contribution in [2.24, 2.45) is 4.99 Å². The summed E-state index contributed by atoms with van der Waals surface area (Å²) >= 11 is 0. The van der Waals surface area contributed by atoms with Gasteiger partial charge in [-0.05, 0) is 19.8 Å². The van der Waals surface area contributed by atoms with E-state index in [1.807, 2.05) is 6.92 Å². The standard InChI is InChI=1S/C17H26N4O4/c1-2-18-17(19-9-5-10-25-15-8-11-24-13-15)20-12-14-6-3-4-7-16(14)21(22)23/h3-4,6-7,15H,2,5,8-13H2,1H3,(H2,18,19,20). The van der Waals surface area contributed by atoms with Gasteiger partial charge in [-0.25, -0.2) is 4.99 Å². The summed E-state index contributed by atoms with van der Waals surface area (Å²) in [5.41, 5.74) is 0.684. The molecule has 1 fully saturated rings. The first-order valence-corrected chi connectivity index (χ1v) is 8.64.